The lowest BCUT2D eigenvalue weighted by molar-refractivity contribution is -0.122. The highest BCUT2D eigenvalue weighted by atomic mass is 16.2. The van der Waals surface area contributed by atoms with Gasteiger partial charge in [-0.3, -0.25) is 4.79 Å². The topological polar surface area (TPSA) is 46.9 Å². The number of carbonyl (C=O) groups is 1. The van der Waals surface area contributed by atoms with Crippen molar-refractivity contribution in [1.82, 2.24) is 14.9 Å². The molecule has 0 aliphatic carbocycles. The summed E-state index contributed by atoms with van der Waals surface area (Å²) in [7, 11) is 0. The number of fused-ring (bicyclic) bond motifs is 1. The summed E-state index contributed by atoms with van der Waals surface area (Å²) in [5.41, 5.74) is 4.30. The van der Waals surface area contributed by atoms with Crippen LogP contribution >= 0.6 is 0 Å². The lowest BCUT2D eigenvalue weighted by Crippen LogP contribution is -2.34. The number of rotatable bonds is 5. The minimum absolute atomic E-state index is 0.0139. The van der Waals surface area contributed by atoms with E-state index in [1.807, 2.05) is 35.8 Å². The van der Waals surface area contributed by atoms with Crippen LogP contribution < -0.4 is 5.32 Å². The van der Waals surface area contributed by atoms with Gasteiger partial charge in [0.2, 0.25) is 5.91 Å². The van der Waals surface area contributed by atoms with Crippen molar-refractivity contribution in [3.8, 4) is 11.4 Å². The van der Waals surface area contributed by atoms with E-state index >= 15 is 0 Å². The van der Waals surface area contributed by atoms with Gasteiger partial charge in [-0.15, -0.1) is 0 Å². The summed E-state index contributed by atoms with van der Waals surface area (Å²) in [6.07, 6.45) is 0.914. The molecule has 0 saturated carbocycles. The SMILES string of the molecule is CCC(C)NC(=O)Cn1c(-c2ccc(C(C)(C)C)cc2)nc2ccccc21. The highest BCUT2D eigenvalue weighted by Gasteiger charge is 2.17. The van der Waals surface area contributed by atoms with Gasteiger partial charge in [-0.25, -0.2) is 4.98 Å². The number of aromatic nitrogens is 2. The van der Waals surface area contributed by atoms with Crippen molar-refractivity contribution in [3.63, 3.8) is 0 Å². The highest BCUT2D eigenvalue weighted by molar-refractivity contribution is 5.84. The van der Waals surface area contributed by atoms with Gasteiger partial charge in [0, 0.05) is 11.6 Å². The molecule has 0 radical (unpaired) electrons. The van der Waals surface area contributed by atoms with Gasteiger partial charge < -0.3 is 9.88 Å². The minimum Gasteiger partial charge on any atom is -0.352 e. The third kappa shape index (κ3) is 4.21. The Morgan fingerprint density at radius 2 is 1.78 bits per heavy atom. The van der Waals surface area contributed by atoms with Crippen LogP contribution in [0.4, 0.5) is 0 Å². The first-order valence-electron chi connectivity index (χ1n) is 9.65. The molecule has 2 aromatic carbocycles. The highest BCUT2D eigenvalue weighted by Crippen LogP contribution is 2.28. The predicted octanol–water partition coefficient (Wildman–Crippen LogP) is 4.92. The monoisotopic (exact) mass is 363 g/mol. The Morgan fingerprint density at radius 1 is 1.11 bits per heavy atom. The van der Waals surface area contributed by atoms with Crippen molar-refractivity contribution in [1.29, 1.82) is 0 Å². The lowest BCUT2D eigenvalue weighted by Gasteiger charge is -2.19. The summed E-state index contributed by atoms with van der Waals surface area (Å²) in [5, 5.41) is 3.05. The Kier molecular flexibility index (Phi) is 5.36. The van der Waals surface area contributed by atoms with Crippen LogP contribution in [0, 0.1) is 0 Å². The molecule has 0 fully saturated rings. The van der Waals surface area contributed by atoms with Crippen molar-refractivity contribution in [2.75, 3.05) is 0 Å². The fourth-order valence-electron chi connectivity index (χ4n) is 3.14. The average Bonchev–Trinajstić information content (AvgIpc) is 2.99. The maximum absolute atomic E-state index is 12.5. The number of benzene rings is 2. The molecule has 4 nitrogen and oxygen atoms in total. The number of para-hydroxylation sites is 2. The second kappa shape index (κ2) is 7.55. The molecule has 1 N–H and O–H groups in total. The van der Waals surface area contributed by atoms with E-state index < -0.39 is 0 Å². The van der Waals surface area contributed by atoms with Crippen LogP contribution in [0.1, 0.15) is 46.6 Å². The van der Waals surface area contributed by atoms with Crippen LogP contribution in [0.2, 0.25) is 0 Å². The molecule has 0 aliphatic rings. The zero-order valence-electron chi connectivity index (χ0n) is 16.9. The van der Waals surface area contributed by atoms with E-state index in [1.165, 1.54) is 5.56 Å². The van der Waals surface area contributed by atoms with Gasteiger partial charge in [-0.05, 0) is 36.5 Å². The Bertz CT molecular complexity index is 932. The maximum Gasteiger partial charge on any atom is 0.240 e. The van der Waals surface area contributed by atoms with Crippen LogP contribution in [0.25, 0.3) is 22.4 Å². The molecule has 27 heavy (non-hydrogen) atoms. The Balaban J connectivity index is 2.01. The first-order chi connectivity index (χ1) is 12.8. The fourth-order valence-corrected chi connectivity index (χ4v) is 3.14. The average molecular weight is 364 g/mol. The van der Waals surface area contributed by atoms with E-state index in [9.17, 15) is 4.79 Å². The molecule has 0 spiro atoms. The van der Waals surface area contributed by atoms with Gasteiger partial charge in [-0.2, -0.15) is 0 Å². The molecule has 1 atom stereocenters. The fraction of sp³-hybridized carbons (Fsp3) is 0.391. The quantitative estimate of drug-likeness (QED) is 0.700. The first kappa shape index (κ1) is 19.2. The van der Waals surface area contributed by atoms with Crippen molar-refractivity contribution >= 4 is 16.9 Å². The number of hydrogen-bond donors (Lipinski definition) is 1. The summed E-state index contributed by atoms with van der Waals surface area (Å²) in [4.78, 5) is 17.3. The van der Waals surface area contributed by atoms with Gasteiger partial charge in [-0.1, -0.05) is 64.1 Å². The molecule has 3 aromatic rings. The third-order valence-electron chi connectivity index (χ3n) is 4.99. The molecule has 0 saturated heterocycles. The summed E-state index contributed by atoms with van der Waals surface area (Å²) in [6, 6.07) is 16.6. The predicted molar refractivity (Wildman–Crippen MR) is 112 cm³/mol. The van der Waals surface area contributed by atoms with Gasteiger partial charge in [0.25, 0.3) is 0 Å². The van der Waals surface area contributed by atoms with Crippen LogP contribution in [-0.4, -0.2) is 21.5 Å². The Morgan fingerprint density at radius 3 is 2.41 bits per heavy atom. The van der Waals surface area contributed by atoms with Crippen LogP contribution in [0.5, 0.6) is 0 Å². The molecule has 0 bridgehead atoms. The Labute approximate surface area is 161 Å². The summed E-state index contributed by atoms with van der Waals surface area (Å²) < 4.78 is 2.01. The van der Waals surface area contributed by atoms with Crippen molar-refractivity contribution in [2.24, 2.45) is 0 Å². The standard InChI is InChI=1S/C23H29N3O/c1-6-16(2)24-21(27)15-26-20-10-8-7-9-19(20)25-22(26)17-11-13-18(14-12-17)23(3,4)5/h7-14,16H,6,15H2,1-5H3,(H,24,27). The number of carbonyl (C=O) groups excluding carboxylic acids is 1. The normalized spacial score (nSPS) is 12.9. The zero-order chi connectivity index (χ0) is 19.6. The minimum atomic E-state index is 0.0139. The van der Waals surface area contributed by atoms with E-state index in [1.54, 1.807) is 0 Å². The Hall–Kier alpha value is -2.62. The summed E-state index contributed by atoms with van der Waals surface area (Å²) in [5.74, 6) is 0.844. The van der Waals surface area contributed by atoms with Gasteiger partial charge >= 0.3 is 0 Å². The van der Waals surface area contributed by atoms with E-state index in [0.29, 0.717) is 0 Å². The van der Waals surface area contributed by atoms with Crippen molar-refractivity contribution < 1.29 is 4.79 Å². The molecule has 1 unspecified atom stereocenters. The van der Waals surface area contributed by atoms with Gasteiger partial charge in [0.15, 0.2) is 0 Å². The van der Waals surface area contributed by atoms with E-state index in [0.717, 1.165) is 28.8 Å². The van der Waals surface area contributed by atoms with Gasteiger partial charge in [0.05, 0.1) is 11.0 Å². The number of nitrogens with one attached hydrogen (secondary N) is 1. The summed E-state index contributed by atoms with van der Waals surface area (Å²) >= 11 is 0. The number of amides is 1. The molecular formula is C23H29N3O. The number of imidazole rings is 1. The largest absolute Gasteiger partial charge is 0.352 e. The van der Waals surface area contributed by atoms with E-state index in [4.69, 9.17) is 4.98 Å². The van der Waals surface area contributed by atoms with Crippen molar-refractivity contribution in [2.45, 2.75) is 59.0 Å². The molecule has 4 heteroatoms. The second-order valence-corrected chi connectivity index (χ2v) is 8.21. The van der Waals surface area contributed by atoms with Crippen LogP contribution in [0.15, 0.2) is 48.5 Å². The molecule has 142 valence electrons. The number of hydrogen-bond acceptors (Lipinski definition) is 2. The molecular weight excluding hydrogens is 334 g/mol. The molecule has 1 aromatic heterocycles. The third-order valence-corrected chi connectivity index (χ3v) is 4.99. The second-order valence-electron chi connectivity index (χ2n) is 8.21. The maximum atomic E-state index is 12.5. The summed E-state index contributed by atoms with van der Waals surface area (Å²) in [6.45, 7) is 11.0. The lowest BCUT2D eigenvalue weighted by atomic mass is 9.87. The van der Waals surface area contributed by atoms with Gasteiger partial charge in [0.1, 0.15) is 12.4 Å². The molecule has 3 rings (SSSR count). The number of nitrogens with zero attached hydrogens (tertiary/aromatic N) is 2. The first-order valence-corrected chi connectivity index (χ1v) is 9.65. The smallest absolute Gasteiger partial charge is 0.240 e. The zero-order valence-corrected chi connectivity index (χ0v) is 16.9. The molecule has 1 amide bonds. The van der Waals surface area contributed by atoms with Crippen LogP contribution in [-0.2, 0) is 16.8 Å². The van der Waals surface area contributed by atoms with E-state index in [-0.39, 0.29) is 23.9 Å². The molecule has 0 aliphatic heterocycles. The molecule has 1 heterocycles. The van der Waals surface area contributed by atoms with E-state index in [2.05, 4.69) is 57.3 Å². The van der Waals surface area contributed by atoms with Crippen molar-refractivity contribution in [3.05, 3.63) is 54.1 Å². The van der Waals surface area contributed by atoms with Crippen LogP contribution in [0.3, 0.4) is 0 Å².